The second kappa shape index (κ2) is 7.85. The molecule has 0 saturated carbocycles. The van der Waals surface area contributed by atoms with Crippen molar-refractivity contribution in [3.8, 4) is 0 Å². The average Bonchev–Trinajstić information content (AvgIpc) is 2.21. The van der Waals surface area contributed by atoms with Gasteiger partial charge in [0.05, 0.1) is 22.8 Å². The van der Waals surface area contributed by atoms with Gasteiger partial charge in [-0.2, -0.15) is 8.42 Å². The largest absolute Gasteiger partial charge is 0.347 e. The smallest absolute Gasteiger partial charge is 0.311 e. The number of hydrogen-bond acceptors (Lipinski definition) is 6. The van der Waals surface area contributed by atoms with Crippen LogP contribution in [-0.2, 0) is 27.9 Å². The van der Waals surface area contributed by atoms with Gasteiger partial charge in [-0.1, -0.05) is 39.3 Å². The van der Waals surface area contributed by atoms with Crippen LogP contribution in [-0.4, -0.2) is 49.1 Å². The van der Waals surface area contributed by atoms with Crippen LogP contribution >= 0.6 is 7.60 Å². The molecule has 0 atom stereocenters. The molecule has 6 nitrogen and oxygen atoms in total. The van der Waals surface area contributed by atoms with E-state index in [0.29, 0.717) is 0 Å². The van der Waals surface area contributed by atoms with Crippen LogP contribution in [0.3, 0.4) is 0 Å². The minimum absolute atomic E-state index is 0.00434. The molecule has 0 aliphatic rings. The highest BCUT2D eigenvalue weighted by Crippen LogP contribution is 2.50. The Hall–Kier alpha value is 0.494. The lowest BCUT2D eigenvalue weighted by molar-refractivity contribution is 0.250. The molecule has 10 heteroatoms. The van der Waals surface area contributed by atoms with Crippen LogP contribution in [0.15, 0.2) is 0 Å². The minimum atomic E-state index is -3.91. The molecule has 0 heterocycles. The summed E-state index contributed by atoms with van der Waals surface area (Å²) >= 11 is 0. The normalized spacial score (nSPS) is 14.4. The summed E-state index contributed by atoms with van der Waals surface area (Å²) in [7, 11) is -10.9. The van der Waals surface area contributed by atoms with E-state index in [0.717, 1.165) is 0 Å². The molecular formula is C11H29O6PSSi2. The van der Waals surface area contributed by atoms with Gasteiger partial charge in [-0.15, -0.1) is 0 Å². The Morgan fingerprint density at radius 2 is 1.29 bits per heavy atom. The van der Waals surface area contributed by atoms with E-state index < -0.39 is 39.4 Å². The van der Waals surface area contributed by atoms with Crippen LogP contribution in [0.4, 0.5) is 0 Å². The Balaban J connectivity index is 5.04. The fourth-order valence-corrected chi connectivity index (χ4v) is 8.66. The van der Waals surface area contributed by atoms with Crippen molar-refractivity contribution in [3.05, 3.63) is 0 Å². The molecule has 128 valence electrons. The van der Waals surface area contributed by atoms with Gasteiger partial charge in [-0.25, -0.2) is 0 Å². The maximum Gasteiger partial charge on any atom is 0.347 e. The van der Waals surface area contributed by atoms with Crippen molar-refractivity contribution in [2.45, 2.75) is 46.2 Å². The van der Waals surface area contributed by atoms with Crippen molar-refractivity contribution < 1.29 is 26.2 Å². The fourth-order valence-electron chi connectivity index (χ4n) is 1.11. The van der Waals surface area contributed by atoms with Crippen molar-refractivity contribution in [1.29, 1.82) is 0 Å². The Morgan fingerprint density at radius 1 is 0.905 bits per heavy atom. The Bertz CT molecular complexity index is 444. The summed E-state index contributed by atoms with van der Waals surface area (Å²) in [6, 6.07) is 0. The molecule has 0 amide bonds. The minimum Gasteiger partial charge on any atom is -0.311 e. The second-order valence-electron chi connectivity index (χ2n) is 7.37. The average molecular weight is 377 g/mol. The lowest BCUT2D eigenvalue weighted by Crippen LogP contribution is -2.31. The molecule has 21 heavy (non-hydrogen) atoms. The standard InChI is InChI=1S/C11H29O6PSSi2/c1-8-17-19(13,14)11-18(12,15-9-20(2,3)4)16-10-21(5,6)7/h8-11H2,1-7H3. The molecule has 0 saturated heterocycles. The maximum absolute atomic E-state index is 12.7. The van der Waals surface area contributed by atoms with Gasteiger partial charge in [0.1, 0.15) is 0 Å². The molecule has 0 unspecified atom stereocenters. The van der Waals surface area contributed by atoms with Crippen molar-refractivity contribution in [2.24, 2.45) is 0 Å². The van der Waals surface area contributed by atoms with E-state index in [2.05, 4.69) is 4.18 Å². The monoisotopic (exact) mass is 376 g/mol. The Kier molecular flexibility index (Phi) is 8.04. The van der Waals surface area contributed by atoms with Gasteiger partial charge in [0, 0.05) is 12.5 Å². The molecule has 0 aliphatic carbocycles. The van der Waals surface area contributed by atoms with Gasteiger partial charge in [0.15, 0.2) is 5.49 Å². The highest BCUT2D eigenvalue weighted by Gasteiger charge is 2.36. The van der Waals surface area contributed by atoms with Crippen LogP contribution in [0.5, 0.6) is 0 Å². The first-order chi connectivity index (χ1) is 9.18. The summed E-state index contributed by atoms with van der Waals surface area (Å²) in [5.74, 6) is 0. The molecule has 0 aliphatic heterocycles. The lowest BCUT2D eigenvalue weighted by atomic mass is 10.9. The zero-order valence-electron chi connectivity index (χ0n) is 14.1. The van der Waals surface area contributed by atoms with Crippen molar-refractivity contribution in [3.63, 3.8) is 0 Å². The van der Waals surface area contributed by atoms with Gasteiger partial charge in [0.25, 0.3) is 10.1 Å². The van der Waals surface area contributed by atoms with Crippen molar-refractivity contribution in [2.75, 3.05) is 24.6 Å². The van der Waals surface area contributed by atoms with E-state index in [-0.39, 0.29) is 19.1 Å². The van der Waals surface area contributed by atoms with Crippen molar-refractivity contribution >= 4 is 33.9 Å². The van der Waals surface area contributed by atoms with Gasteiger partial charge in [-0.3, -0.25) is 8.75 Å². The summed E-state index contributed by atoms with van der Waals surface area (Å²) < 4.78 is 51.8. The molecule has 0 aromatic carbocycles. The van der Waals surface area contributed by atoms with Crippen LogP contribution in [0, 0.1) is 0 Å². The van der Waals surface area contributed by atoms with E-state index in [9.17, 15) is 13.0 Å². The highest BCUT2D eigenvalue weighted by molar-refractivity contribution is 7.93. The summed E-state index contributed by atoms with van der Waals surface area (Å²) in [5, 5.41) is 0. The van der Waals surface area contributed by atoms with E-state index in [1.165, 1.54) is 0 Å². The van der Waals surface area contributed by atoms with E-state index >= 15 is 0 Å². The zero-order chi connectivity index (χ0) is 16.9. The third-order valence-electron chi connectivity index (χ3n) is 2.00. The fraction of sp³-hybridized carbons (Fsp3) is 1.00. The van der Waals surface area contributed by atoms with Crippen LogP contribution < -0.4 is 0 Å². The molecule has 0 aromatic rings. The van der Waals surface area contributed by atoms with Gasteiger partial charge < -0.3 is 9.05 Å². The highest BCUT2D eigenvalue weighted by atomic mass is 32.2. The maximum atomic E-state index is 12.7. The van der Waals surface area contributed by atoms with Crippen LogP contribution in [0.25, 0.3) is 0 Å². The molecule has 0 rings (SSSR count). The molecule has 0 aromatic heterocycles. The third-order valence-corrected chi connectivity index (χ3v) is 8.68. The Labute approximate surface area is 131 Å². The predicted molar refractivity (Wildman–Crippen MR) is 91.6 cm³/mol. The van der Waals surface area contributed by atoms with Crippen LogP contribution in [0.2, 0.25) is 39.3 Å². The van der Waals surface area contributed by atoms with Crippen molar-refractivity contribution in [1.82, 2.24) is 0 Å². The molecule has 0 bridgehead atoms. The zero-order valence-corrected chi connectivity index (χ0v) is 17.8. The molecule has 0 N–H and O–H groups in total. The van der Waals surface area contributed by atoms with Gasteiger partial charge >= 0.3 is 7.60 Å². The third kappa shape index (κ3) is 11.7. The predicted octanol–water partition coefficient (Wildman–Crippen LogP) is 3.29. The number of hydrogen-bond donors (Lipinski definition) is 0. The SMILES string of the molecule is CCOS(=O)(=O)CP(=O)(OC[Si](C)(C)C)OC[Si](C)(C)C. The Morgan fingerprint density at radius 3 is 1.57 bits per heavy atom. The first-order valence-electron chi connectivity index (χ1n) is 6.93. The summed E-state index contributed by atoms with van der Waals surface area (Å²) in [6.07, 6.45) is 0.579. The molecule has 0 radical (unpaired) electrons. The second-order valence-corrected chi connectivity index (χ2v) is 22.3. The van der Waals surface area contributed by atoms with Gasteiger partial charge in [-0.05, 0) is 6.92 Å². The quantitative estimate of drug-likeness (QED) is 0.331. The number of rotatable bonds is 10. The summed E-state index contributed by atoms with van der Waals surface area (Å²) in [6.45, 7) is 13.9. The van der Waals surface area contributed by atoms with Gasteiger partial charge in [0.2, 0.25) is 0 Å². The molecule has 0 fully saturated rings. The topological polar surface area (TPSA) is 78.9 Å². The lowest BCUT2D eigenvalue weighted by Gasteiger charge is -2.25. The van der Waals surface area contributed by atoms with E-state index in [1.807, 2.05) is 39.3 Å². The van der Waals surface area contributed by atoms with Crippen LogP contribution in [0.1, 0.15) is 6.92 Å². The summed E-state index contributed by atoms with van der Waals surface area (Å²) in [4.78, 5) is 0. The summed E-state index contributed by atoms with van der Waals surface area (Å²) in [5.41, 5.74) is -0.719. The molecular weight excluding hydrogens is 347 g/mol. The van der Waals surface area contributed by atoms with E-state index in [1.54, 1.807) is 6.92 Å². The van der Waals surface area contributed by atoms with E-state index in [4.69, 9.17) is 9.05 Å². The first kappa shape index (κ1) is 21.5. The molecule has 0 spiro atoms. The first-order valence-corrected chi connectivity index (χ1v) is 17.7.